The zero-order chi connectivity index (χ0) is 28.7. The Kier molecular flexibility index (Phi) is 9.92. The summed E-state index contributed by atoms with van der Waals surface area (Å²) in [5.41, 5.74) is 4.99. The highest BCUT2D eigenvalue weighted by atomic mass is 32.2. The highest BCUT2D eigenvalue weighted by Gasteiger charge is 2.33. The van der Waals surface area contributed by atoms with Crippen LogP contribution in [0.25, 0.3) is 0 Å². The fourth-order valence-corrected chi connectivity index (χ4v) is 5.48. The van der Waals surface area contributed by atoms with Gasteiger partial charge < -0.3 is 10.2 Å². The third-order valence-corrected chi connectivity index (χ3v) is 7.45. The Hall–Kier alpha value is -3.65. The minimum atomic E-state index is -3.80. The summed E-state index contributed by atoms with van der Waals surface area (Å²) in [5.74, 6) is -0.743. The number of aryl methyl sites for hydroxylation is 3. The van der Waals surface area contributed by atoms with E-state index in [9.17, 15) is 18.0 Å². The first kappa shape index (κ1) is 29.9. The molecule has 39 heavy (non-hydrogen) atoms. The Labute approximate surface area is 232 Å². The molecule has 0 radical (unpaired) electrons. The van der Waals surface area contributed by atoms with Gasteiger partial charge in [-0.3, -0.25) is 13.9 Å². The number of carbonyl (C=O) groups is 2. The van der Waals surface area contributed by atoms with Crippen LogP contribution in [0.3, 0.4) is 0 Å². The van der Waals surface area contributed by atoms with Crippen LogP contribution in [0.5, 0.6) is 0 Å². The zero-order valence-corrected chi connectivity index (χ0v) is 24.5. The van der Waals surface area contributed by atoms with Crippen LogP contribution in [-0.2, 0) is 32.6 Å². The van der Waals surface area contributed by atoms with Crippen LogP contribution in [0.1, 0.15) is 41.7 Å². The van der Waals surface area contributed by atoms with E-state index >= 15 is 0 Å². The highest BCUT2D eigenvalue weighted by molar-refractivity contribution is 7.92. The first-order valence-electron chi connectivity index (χ1n) is 13.1. The van der Waals surface area contributed by atoms with Crippen molar-refractivity contribution in [2.24, 2.45) is 0 Å². The number of carbonyl (C=O) groups excluding carboxylic acids is 2. The summed E-state index contributed by atoms with van der Waals surface area (Å²) >= 11 is 0. The SMILES string of the molecule is Cc1cccc(CN(C(=O)CN(c2cc(C)cc(C)c2)S(C)(=O)=O)[C@@H](Cc2ccccc2)C(=O)NC(C)C)c1. The van der Waals surface area contributed by atoms with Crippen molar-refractivity contribution in [3.63, 3.8) is 0 Å². The summed E-state index contributed by atoms with van der Waals surface area (Å²) in [6.45, 7) is 9.21. The largest absolute Gasteiger partial charge is 0.352 e. The lowest BCUT2D eigenvalue weighted by atomic mass is 10.0. The smallest absolute Gasteiger partial charge is 0.244 e. The molecule has 1 atom stereocenters. The zero-order valence-electron chi connectivity index (χ0n) is 23.6. The molecule has 0 aromatic heterocycles. The van der Waals surface area contributed by atoms with Crippen LogP contribution in [0.2, 0.25) is 0 Å². The maximum absolute atomic E-state index is 14.1. The van der Waals surface area contributed by atoms with E-state index in [0.29, 0.717) is 12.1 Å². The normalized spacial score (nSPS) is 12.2. The van der Waals surface area contributed by atoms with Crippen molar-refractivity contribution in [3.8, 4) is 0 Å². The first-order chi connectivity index (χ1) is 18.3. The second-order valence-corrected chi connectivity index (χ2v) is 12.4. The van der Waals surface area contributed by atoms with Gasteiger partial charge in [-0.05, 0) is 69.0 Å². The van der Waals surface area contributed by atoms with Gasteiger partial charge in [0.2, 0.25) is 21.8 Å². The fraction of sp³-hybridized carbons (Fsp3) is 0.355. The third kappa shape index (κ3) is 8.68. The Morgan fingerprint density at radius 2 is 1.44 bits per heavy atom. The average Bonchev–Trinajstić information content (AvgIpc) is 2.83. The minimum Gasteiger partial charge on any atom is -0.352 e. The first-order valence-corrected chi connectivity index (χ1v) is 14.9. The summed E-state index contributed by atoms with van der Waals surface area (Å²) in [7, 11) is -3.80. The molecule has 0 heterocycles. The van der Waals surface area contributed by atoms with Crippen molar-refractivity contribution in [2.75, 3.05) is 17.1 Å². The van der Waals surface area contributed by atoms with Gasteiger partial charge in [0.05, 0.1) is 11.9 Å². The molecule has 0 saturated carbocycles. The predicted octanol–water partition coefficient (Wildman–Crippen LogP) is 4.54. The molecule has 3 aromatic rings. The molecule has 0 aliphatic carbocycles. The number of nitrogens with zero attached hydrogens (tertiary/aromatic N) is 2. The quantitative estimate of drug-likeness (QED) is 0.380. The number of anilines is 1. The molecule has 3 rings (SSSR count). The molecule has 208 valence electrons. The van der Waals surface area contributed by atoms with Crippen molar-refractivity contribution in [3.05, 3.63) is 101 Å². The summed E-state index contributed by atoms with van der Waals surface area (Å²) < 4.78 is 27.0. The molecule has 0 aliphatic rings. The molecule has 0 fully saturated rings. The molecule has 8 heteroatoms. The number of hydrogen-bond acceptors (Lipinski definition) is 4. The second kappa shape index (κ2) is 12.9. The van der Waals surface area contributed by atoms with E-state index in [1.165, 1.54) is 4.90 Å². The monoisotopic (exact) mass is 549 g/mol. The number of rotatable bonds is 11. The highest BCUT2D eigenvalue weighted by Crippen LogP contribution is 2.23. The van der Waals surface area contributed by atoms with E-state index in [4.69, 9.17) is 0 Å². The van der Waals surface area contributed by atoms with Crippen LogP contribution < -0.4 is 9.62 Å². The average molecular weight is 550 g/mol. The number of sulfonamides is 1. The number of hydrogen-bond donors (Lipinski definition) is 1. The van der Waals surface area contributed by atoms with Gasteiger partial charge in [-0.1, -0.05) is 66.2 Å². The van der Waals surface area contributed by atoms with E-state index in [1.54, 1.807) is 12.1 Å². The van der Waals surface area contributed by atoms with Gasteiger partial charge in [-0.2, -0.15) is 0 Å². The molecule has 0 unspecified atom stereocenters. The lowest BCUT2D eigenvalue weighted by Crippen LogP contribution is -2.54. The maximum atomic E-state index is 14.1. The van der Waals surface area contributed by atoms with Gasteiger partial charge >= 0.3 is 0 Å². The second-order valence-electron chi connectivity index (χ2n) is 10.5. The third-order valence-electron chi connectivity index (χ3n) is 6.31. The lowest BCUT2D eigenvalue weighted by molar-refractivity contribution is -0.140. The minimum absolute atomic E-state index is 0.130. The van der Waals surface area contributed by atoms with Crippen LogP contribution in [0.15, 0.2) is 72.8 Å². The van der Waals surface area contributed by atoms with E-state index in [-0.39, 0.29) is 18.5 Å². The fourth-order valence-electron chi connectivity index (χ4n) is 4.65. The molecular formula is C31H39N3O4S. The van der Waals surface area contributed by atoms with Crippen molar-refractivity contribution >= 4 is 27.5 Å². The maximum Gasteiger partial charge on any atom is 0.244 e. The van der Waals surface area contributed by atoms with E-state index in [1.807, 2.05) is 95.3 Å². The Balaban J connectivity index is 2.07. The van der Waals surface area contributed by atoms with Crippen molar-refractivity contribution < 1.29 is 18.0 Å². The Morgan fingerprint density at radius 3 is 2.00 bits per heavy atom. The van der Waals surface area contributed by atoms with E-state index < -0.39 is 28.5 Å². The topological polar surface area (TPSA) is 86.8 Å². The van der Waals surface area contributed by atoms with E-state index in [2.05, 4.69) is 5.32 Å². The van der Waals surface area contributed by atoms with Crippen molar-refractivity contribution in [2.45, 2.75) is 59.7 Å². The summed E-state index contributed by atoms with van der Waals surface area (Å²) in [4.78, 5) is 29.2. The van der Waals surface area contributed by atoms with Crippen LogP contribution in [0.4, 0.5) is 5.69 Å². The van der Waals surface area contributed by atoms with E-state index in [0.717, 1.165) is 38.4 Å². The molecule has 0 aliphatic heterocycles. The molecule has 0 saturated heterocycles. The van der Waals surface area contributed by atoms with Crippen LogP contribution in [0, 0.1) is 20.8 Å². The molecule has 7 nitrogen and oxygen atoms in total. The molecule has 0 spiro atoms. The molecule has 2 amide bonds. The number of nitrogens with one attached hydrogen (secondary N) is 1. The van der Waals surface area contributed by atoms with Crippen molar-refractivity contribution in [1.82, 2.24) is 10.2 Å². The van der Waals surface area contributed by atoms with Crippen LogP contribution >= 0.6 is 0 Å². The molecular weight excluding hydrogens is 510 g/mol. The molecule has 0 bridgehead atoms. The van der Waals surface area contributed by atoms with Gasteiger partial charge in [0.1, 0.15) is 12.6 Å². The van der Waals surface area contributed by atoms with Gasteiger partial charge in [0.15, 0.2) is 0 Å². The Bertz CT molecular complexity index is 1380. The predicted molar refractivity (Wildman–Crippen MR) is 157 cm³/mol. The molecule has 3 aromatic carbocycles. The summed E-state index contributed by atoms with van der Waals surface area (Å²) in [6.07, 6.45) is 1.38. The lowest BCUT2D eigenvalue weighted by Gasteiger charge is -2.34. The van der Waals surface area contributed by atoms with Crippen LogP contribution in [-0.4, -0.2) is 50.0 Å². The summed E-state index contributed by atoms with van der Waals surface area (Å²) in [5, 5.41) is 2.96. The van der Waals surface area contributed by atoms with Crippen molar-refractivity contribution in [1.29, 1.82) is 0 Å². The van der Waals surface area contributed by atoms with Gasteiger partial charge in [0, 0.05) is 19.0 Å². The molecule has 1 N–H and O–H groups in total. The van der Waals surface area contributed by atoms with Gasteiger partial charge in [-0.15, -0.1) is 0 Å². The number of benzene rings is 3. The van der Waals surface area contributed by atoms with Gasteiger partial charge in [-0.25, -0.2) is 8.42 Å². The van der Waals surface area contributed by atoms with Gasteiger partial charge in [0.25, 0.3) is 0 Å². The number of amides is 2. The Morgan fingerprint density at radius 1 is 0.821 bits per heavy atom. The standard InChI is InChI=1S/C31H39N3O4S/c1-22(2)32-31(36)29(19-26-12-8-7-9-13-26)33(20-27-14-10-11-23(3)16-27)30(35)21-34(39(6,37)38)28-17-24(4)15-25(5)18-28/h7-18,22,29H,19-21H2,1-6H3,(H,32,36)/t29-/m0/s1. The summed E-state index contributed by atoms with van der Waals surface area (Å²) in [6, 6.07) is 21.8.